The summed E-state index contributed by atoms with van der Waals surface area (Å²) in [7, 11) is 1.66. The van der Waals surface area contributed by atoms with Crippen LogP contribution in [0.1, 0.15) is 30.3 Å². The molecule has 1 heterocycles. The first-order valence-corrected chi connectivity index (χ1v) is 5.62. The second-order valence-electron chi connectivity index (χ2n) is 3.82. The lowest BCUT2D eigenvalue weighted by atomic mass is 10.1. The summed E-state index contributed by atoms with van der Waals surface area (Å²) in [4.78, 5) is 14.5. The van der Waals surface area contributed by atoms with Gasteiger partial charge in [-0.2, -0.15) is 0 Å². The Hall–Kier alpha value is -1.62. The summed E-state index contributed by atoms with van der Waals surface area (Å²) in [5, 5.41) is 12.0. The molecule has 0 aliphatic carbocycles. The van der Waals surface area contributed by atoms with E-state index in [1.807, 2.05) is 0 Å². The Balaban J connectivity index is 2.62. The van der Waals surface area contributed by atoms with Crippen molar-refractivity contribution in [3.8, 4) is 0 Å². The van der Waals surface area contributed by atoms with Gasteiger partial charge >= 0.3 is 5.97 Å². The van der Waals surface area contributed by atoms with Crippen LogP contribution in [0.15, 0.2) is 18.3 Å². The van der Waals surface area contributed by atoms with Gasteiger partial charge in [-0.3, -0.25) is 0 Å². The van der Waals surface area contributed by atoms with Gasteiger partial charge in [0, 0.05) is 13.2 Å². The van der Waals surface area contributed by atoms with E-state index in [0.717, 1.165) is 18.5 Å². The van der Waals surface area contributed by atoms with Gasteiger partial charge in [0.05, 0.1) is 18.5 Å². The van der Waals surface area contributed by atoms with Gasteiger partial charge in [0.15, 0.2) is 0 Å². The number of methoxy groups -OCH3 is 1. The fourth-order valence-corrected chi connectivity index (χ4v) is 1.59. The summed E-state index contributed by atoms with van der Waals surface area (Å²) in [5.74, 6) is -1.02. The summed E-state index contributed by atoms with van der Waals surface area (Å²) in [6.07, 6.45) is 3.58. The van der Waals surface area contributed by atoms with E-state index in [4.69, 9.17) is 9.84 Å². The van der Waals surface area contributed by atoms with Gasteiger partial charge in [0.1, 0.15) is 5.69 Å². The fraction of sp³-hybridized carbons (Fsp3) is 0.500. The molecule has 1 rings (SSSR count). The Morgan fingerprint density at radius 1 is 1.59 bits per heavy atom. The number of anilines is 1. The van der Waals surface area contributed by atoms with E-state index in [-0.39, 0.29) is 11.7 Å². The molecule has 0 saturated heterocycles. The molecule has 1 aromatic rings. The van der Waals surface area contributed by atoms with Crippen LogP contribution in [-0.4, -0.2) is 35.8 Å². The molecule has 0 aliphatic rings. The highest BCUT2D eigenvalue weighted by molar-refractivity contribution is 5.85. The molecule has 0 amide bonds. The number of ether oxygens (including phenoxy) is 1. The maximum atomic E-state index is 10.6. The van der Waals surface area contributed by atoms with Crippen LogP contribution in [0.3, 0.4) is 0 Å². The standard InChI is InChI=1S/C12H18N2O3/c1-3-4-10(8-17-2)14-9-5-6-11(12(15)16)13-7-9/h5-7,10,14H,3-4,8H2,1-2H3,(H,15,16). The average Bonchev–Trinajstić information content (AvgIpc) is 2.30. The number of carboxylic acid groups (broad SMARTS) is 1. The second-order valence-corrected chi connectivity index (χ2v) is 3.82. The molecule has 0 fully saturated rings. The molecular weight excluding hydrogens is 220 g/mol. The Kier molecular flexibility index (Phi) is 5.42. The van der Waals surface area contributed by atoms with Crippen molar-refractivity contribution in [2.75, 3.05) is 19.0 Å². The van der Waals surface area contributed by atoms with Crippen molar-refractivity contribution >= 4 is 11.7 Å². The van der Waals surface area contributed by atoms with Crippen LogP contribution in [0, 0.1) is 0 Å². The molecule has 94 valence electrons. The van der Waals surface area contributed by atoms with Crippen molar-refractivity contribution in [3.63, 3.8) is 0 Å². The SMILES string of the molecule is CCCC(COC)Nc1ccc(C(=O)O)nc1. The maximum absolute atomic E-state index is 10.6. The number of nitrogens with one attached hydrogen (secondary N) is 1. The number of rotatable bonds is 7. The number of nitrogens with zero attached hydrogens (tertiary/aromatic N) is 1. The van der Waals surface area contributed by atoms with E-state index >= 15 is 0 Å². The molecule has 1 unspecified atom stereocenters. The summed E-state index contributed by atoms with van der Waals surface area (Å²) in [6.45, 7) is 2.73. The number of aromatic nitrogens is 1. The van der Waals surface area contributed by atoms with E-state index in [9.17, 15) is 4.79 Å². The summed E-state index contributed by atoms with van der Waals surface area (Å²) < 4.78 is 5.11. The van der Waals surface area contributed by atoms with E-state index in [1.54, 1.807) is 13.2 Å². The van der Waals surface area contributed by atoms with Crippen molar-refractivity contribution in [2.45, 2.75) is 25.8 Å². The minimum atomic E-state index is -1.02. The summed E-state index contributed by atoms with van der Waals surface area (Å²) in [5.41, 5.74) is 0.861. The quantitative estimate of drug-likeness (QED) is 0.760. The highest BCUT2D eigenvalue weighted by atomic mass is 16.5. The van der Waals surface area contributed by atoms with E-state index in [0.29, 0.717) is 6.61 Å². The summed E-state index contributed by atoms with van der Waals surface area (Å²) in [6, 6.07) is 3.43. The predicted molar refractivity (Wildman–Crippen MR) is 65.4 cm³/mol. The molecule has 0 aromatic carbocycles. The molecule has 1 aromatic heterocycles. The van der Waals surface area contributed by atoms with Crippen molar-refractivity contribution in [2.24, 2.45) is 0 Å². The lowest BCUT2D eigenvalue weighted by Gasteiger charge is -2.18. The monoisotopic (exact) mass is 238 g/mol. The number of hydrogen-bond acceptors (Lipinski definition) is 4. The molecule has 17 heavy (non-hydrogen) atoms. The van der Waals surface area contributed by atoms with Crippen molar-refractivity contribution < 1.29 is 14.6 Å². The molecule has 0 aliphatic heterocycles. The van der Waals surface area contributed by atoms with Crippen LogP contribution in [0.2, 0.25) is 0 Å². The van der Waals surface area contributed by atoms with Gasteiger partial charge in [0.25, 0.3) is 0 Å². The second kappa shape index (κ2) is 6.85. The number of carboxylic acids is 1. The zero-order valence-electron chi connectivity index (χ0n) is 10.1. The van der Waals surface area contributed by atoms with Crippen LogP contribution in [0.25, 0.3) is 0 Å². The number of carbonyl (C=O) groups is 1. The van der Waals surface area contributed by atoms with Crippen LogP contribution in [0.5, 0.6) is 0 Å². The highest BCUT2D eigenvalue weighted by Gasteiger charge is 2.08. The third-order valence-corrected chi connectivity index (χ3v) is 2.36. The van der Waals surface area contributed by atoms with E-state index < -0.39 is 5.97 Å². The first kappa shape index (κ1) is 13.4. The van der Waals surface area contributed by atoms with E-state index in [2.05, 4.69) is 17.2 Å². The number of aromatic carboxylic acids is 1. The third kappa shape index (κ3) is 4.40. The highest BCUT2D eigenvalue weighted by Crippen LogP contribution is 2.10. The van der Waals surface area contributed by atoms with Crippen molar-refractivity contribution in [1.29, 1.82) is 0 Å². The molecule has 2 N–H and O–H groups in total. The molecule has 5 heteroatoms. The zero-order chi connectivity index (χ0) is 12.7. The number of pyridine rings is 1. The Labute approximate surface area is 101 Å². The fourth-order valence-electron chi connectivity index (χ4n) is 1.59. The van der Waals surface area contributed by atoms with E-state index in [1.165, 1.54) is 12.3 Å². The topological polar surface area (TPSA) is 71.5 Å². The van der Waals surface area contributed by atoms with Crippen LogP contribution < -0.4 is 5.32 Å². The molecule has 5 nitrogen and oxygen atoms in total. The van der Waals surface area contributed by atoms with Gasteiger partial charge in [-0.1, -0.05) is 13.3 Å². The molecule has 0 saturated carbocycles. The Morgan fingerprint density at radius 2 is 2.35 bits per heavy atom. The van der Waals surface area contributed by atoms with Crippen LogP contribution >= 0.6 is 0 Å². The van der Waals surface area contributed by atoms with Gasteiger partial charge in [-0.15, -0.1) is 0 Å². The normalized spacial score (nSPS) is 12.1. The lowest BCUT2D eigenvalue weighted by molar-refractivity contribution is 0.0690. The van der Waals surface area contributed by atoms with Gasteiger partial charge in [0.2, 0.25) is 0 Å². The minimum absolute atomic E-state index is 0.0503. The lowest BCUT2D eigenvalue weighted by Crippen LogP contribution is -2.24. The molecule has 1 atom stereocenters. The van der Waals surface area contributed by atoms with Gasteiger partial charge in [-0.05, 0) is 18.6 Å². The van der Waals surface area contributed by atoms with Crippen LogP contribution in [-0.2, 0) is 4.74 Å². The van der Waals surface area contributed by atoms with Crippen molar-refractivity contribution in [3.05, 3.63) is 24.0 Å². The van der Waals surface area contributed by atoms with Gasteiger partial charge in [-0.25, -0.2) is 9.78 Å². The molecule has 0 spiro atoms. The van der Waals surface area contributed by atoms with Crippen molar-refractivity contribution in [1.82, 2.24) is 4.98 Å². The minimum Gasteiger partial charge on any atom is -0.477 e. The number of hydrogen-bond donors (Lipinski definition) is 2. The van der Waals surface area contributed by atoms with Crippen LogP contribution in [0.4, 0.5) is 5.69 Å². The molecule has 0 bridgehead atoms. The first-order valence-electron chi connectivity index (χ1n) is 5.62. The molecule has 0 radical (unpaired) electrons. The maximum Gasteiger partial charge on any atom is 0.354 e. The first-order chi connectivity index (χ1) is 8.17. The predicted octanol–water partition coefficient (Wildman–Crippen LogP) is 2.01. The Bertz CT molecular complexity index is 345. The smallest absolute Gasteiger partial charge is 0.354 e. The summed E-state index contributed by atoms with van der Waals surface area (Å²) >= 11 is 0. The molecular formula is C12H18N2O3. The third-order valence-electron chi connectivity index (χ3n) is 2.36. The largest absolute Gasteiger partial charge is 0.477 e. The van der Waals surface area contributed by atoms with Gasteiger partial charge < -0.3 is 15.2 Å². The average molecular weight is 238 g/mol. The Morgan fingerprint density at radius 3 is 2.82 bits per heavy atom. The zero-order valence-corrected chi connectivity index (χ0v) is 10.1.